The first-order valence-corrected chi connectivity index (χ1v) is 4.30. The van der Waals surface area contributed by atoms with Gasteiger partial charge in [-0.15, -0.1) is 0 Å². The summed E-state index contributed by atoms with van der Waals surface area (Å²) in [4.78, 5) is 0. The Balaban J connectivity index is 3.62. The van der Waals surface area contributed by atoms with Gasteiger partial charge in [-0.3, -0.25) is 0 Å². The molecular formula is C10H21N. The molecule has 1 nitrogen and oxygen atoms in total. The summed E-state index contributed by atoms with van der Waals surface area (Å²) in [5, 5.41) is 3.29. The van der Waals surface area contributed by atoms with E-state index in [0.29, 0.717) is 0 Å². The molecule has 0 saturated carbocycles. The lowest BCUT2D eigenvalue weighted by molar-refractivity contribution is 0.396. The van der Waals surface area contributed by atoms with E-state index in [2.05, 4.69) is 39.1 Å². The first kappa shape index (κ1) is 10.7. The van der Waals surface area contributed by atoms with Gasteiger partial charge in [0.1, 0.15) is 0 Å². The Morgan fingerprint density at radius 1 is 1.36 bits per heavy atom. The first-order valence-electron chi connectivity index (χ1n) is 4.30. The minimum Gasteiger partial charge on any atom is -0.315 e. The van der Waals surface area contributed by atoms with E-state index in [4.69, 9.17) is 0 Å². The van der Waals surface area contributed by atoms with Crippen molar-refractivity contribution in [1.29, 1.82) is 0 Å². The van der Waals surface area contributed by atoms with E-state index >= 15 is 0 Å². The molecule has 0 bridgehead atoms. The highest BCUT2D eigenvalue weighted by molar-refractivity contribution is 4.94. The van der Waals surface area contributed by atoms with Crippen LogP contribution in [0.5, 0.6) is 0 Å². The summed E-state index contributed by atoms with van der Waals surface area (Å²) >= 11 is 0. The van der Waals surface area contributed by atoms with Gasteiger partial charge in [0.15, 0.2) is 0 Å². The van der Waals surface area contributed by atoms with Crippen molar-refractivity contribution in [2.45, 2.75) is 46.1 Å². The van der Waals surface area contributed by atoms with Crippen molar-refractivity contribution in [1.82, 2.24) is 5.32 Å². The second-order valence-electron chi connectivity index (χ2n) is 3.95. The SMILES string of the molecule is CNC(C)(C)CCC=C(C)C. The van der Waals surface area contributed by atoms with Gasteiger partial charge >= 0.3 is 0 Å². The lowest BCUT2D eigenvalue weighted by Crippen LogP contribution is -2.35. The maximum Gasteiger partial charge on any atom is 0.0125 e. The van der Waals surface area contributed by atoms with Gasteiger partial charge in [0, 0.05) is 5.54 Å². The van der Waals surface area contributed by atoms with Crippen molar-refractivity contribution in [2.75, 3.05) is 7.05 Å². The topological polar surface area (TPSA) is 12.0 Å². The third-order valence-corrected chi connectivity index (χ3v) is 2.00. The summed E-state index contributed by atoms with van der Waals surface area (Å²) in [7, 11) is 2.02. The Morgan fingerprint density at radius 2 is 1.91 bits per heavy atom. The number of hydrogen-bond donors (Lipinski definition) is 1. The summed E-state index contributed by atoms with van der Waals surface area (Å²) in [6, 6.07) is 0. The zero-order chi connectivity index (χ0) is 8.91. The molecule has 1 N–H and O–H groups in total. The van der Waals surface area contributed by atoms with Crippen molar-refractivity contribution in [3.63, 3.8) is 0 Å². The van der Waals surface area contributed by atoms with Gasteiger partial charge in [0.05, 0.1) is 0 Å². The molecule has 0 aromatic carbocycles. The maximum absolute atomic E-state index is 3.29. The van der Waals surface area contributed by atoms with Crippen LogP contribution in [0.2, 0.25) is 0 Å². The summed E-state index contributed by atoms with van der Waals surface area (Å²) in [5.41, 5.74) is 1.70. The van der Waals surface area contributed by atoms with Crippen LogP contribution in [0.1, 0.15) is 40.5 Å². The molecule has 0 aliphatic heterocycles. The molecule has 0 spiro atoms. The van der Waals surface area contributed by atoms with Gasteiger partial charge in [-0.1, -0.05) is 11.6 Å². The smallest absolute Gasteiger partial charge is 0.0125 e. The molecule has 0 fully saturated rings. The largest absolute Gasteiger partial charge is 0.315 e. The van der Waals surface area contributed by atoms with Gasteiger partial charge in [0.2, 0.25) is 0 Å². The number of hydrogen-bond acceptors (Lipinski definition) is 1. The average Bonchev–Trinajstić information content (AvgIpc) is 1.87. The minimum absolute atomic E-state index is 0.284. The Labute approximate surface area is 70.9 Å². The van der Waals surface area contributed by atoms with E-state index in [1.54, 1.807) is 0 Å². The number of nitrogens with one attached hydrogen (secondary N) is 1. The molecule has 0 aliphatic carbocycles. The Morgan fingerprint density at radius 3 is 2.27 bits per heavy atom. The van der Waals surface area contributed by atoms with Gasteiger partial charge in [-0.25, -0.2) is 0 Å². The molecule has 0 aromatic rings. The fourth-order valence-corrected chi connectivity index (χ4v) is 0.847. The minimum atomic E-state index is 0.284. The monoisotopic (exact) mass is 155 g/mol. The Bertz CT molecular complexity index is 130. The van der Waals surface area contributed by atoms with Crippen LogP contribution in [-0.4, -0.2) is 12.6 Å². The first-order chi connectivity index (χ1) is 4.98. The van der Waals surface area contributed by atoms with Crippen LogP contribution >= 0.6 is 0 Å². The molecule has 0 rings (SSSR count). The highest BCUT2D eigenvalue weighted by Crippen LogP contribution is 2.11. The average molecular weight is 155 g/mol. The molecule has 0 radical (unpaired) electrons. The molecule has 0 saturated heterocycles. The van der Waals surface area contributed by atoms with Gasteiger partial charge in [-0.2, -0.15) is 0 Å². The van der Waals surface area contributed by atoms with Gasteiger partial charge in [-0.05, 0) is 47.6 Å². The quantitative estimate of drug-likeness (QED) is 0.615. The highest BCUT2D eigenvalue weighted by Gasteiger charge is 2.12. The highest BCUT2D eigenvalue weighted by atomic mass is 14.9. The third kappa shape index (κ3) is 6.11. The lowest BCUT2D eigenvalue weighted by Gasteiger charge is -2.22. The normalized spacial score (nSPS) is 11.4. The second-order valence-corrected chi connectivity index (χ2v) is 3.95. The number of rotatable bonds is 4. The number of allylic oxidation sites excluding steroid dienone is 2. The van der Waals surface area contributed by atoms with Gasteiger partial charge < -0.3 is 5.32 Å². The Hall–Kier alpha value is -0.300. The van der Waals surface area contributed by atoms with E-state index in [-0.39, 0.29) is 5.54 Å². The summed E-state index contributed by atoms with van der Waals surface area (Å²) in [6.45, 7) is 8.75. The second kappa shape index (κ2) is 4.55. The van der Waals surface area contributed by atoms with E-state index < -0.39 is 0 Å². The van der Waals surface area contributed by atoms with Crippen LogP contribution in [0.4, 0.5) is 0 Å². The van der Waals surface area contributed by atoms with Crippen LogP contribution in [0.3, 0.4) is 0 Å². The van der Waals surface area contributed by atoms with Crippen molar-refractivity contribution in [3.8, 4) is 0 Å². The summed E-state index contributed by atoms with van der Waals surface area (Å²) in [5.74, 6) is 0. The lowest BCUT2D eigenvalue weighted by atomic mass is 9.98. The molecule has 0 aliphatic rings. The van der Waals surface area contributed by atoms with Crippen molar-refractivity contribution in [2.24, 2.45) is 0 Å². The van der Waals surface area contributed by atoms with E-state index in [1.165, 1.54) is 18.4 Å². The predicted molar refractivity (Wildman–Crippen MR) is 51.8 cm³/mol. The van der Waals surface area contributed by atoms with E-state index in [9.17, 15) is 0 Å². The molecule has 0 heterocycles. The van der Waals surface area contributed by atoms with Crippen LogP contribution in [0, 0.1) is 0 Å². The molecule has 0 aromatic heterocycles. The van der Waals surface area contributed by atoms with Crippen molar-refractivity contribution >= 4 is 0 Å². The molecule has 0 amide bonds. The summed E-state index contributed by atoms with van der Waals surface area (Å²) in [6.07, 6.45) is 4.67. The molecule has 0 unspecified atom stereocenters. The van der Waals surface area contributed by atoms with Crippen LogP contribution in [-0.2, 0) is 0 Å². The molecular weight excluding hydrogens is 134 g/mol. The van der Waals surface area contributed by atoms with Crippen LogP contribution < -0.4 is 5.32 Å². The zero-order valence-corrected chi connectivity index (χ0v) is 8.49. The van der Waals surface area contributed by atoms with Crippen LogP contribution in [0.25, 0.3) is 0 Å². The predicted octanol–water partition coefficient (Wildman–Crippen LogP) is 2.73. The van der Waals surface area contributed by atoms with Crippen molar-refractivity contribution in [3.05, 3.63) is 11.6 Å². The zero-order valence-electron chi connectivity index (χ0n) is 8.49. The van der Waals surface area contributed by atoms with Crippen LogP contribution in [0.15, 0.2) is 11.6 Å². The van der Waals surface area contributed by atoms with Gasteiger partial charge in [0.25, 0.3) is 0 Å². The summed E-state index contributed by atoms with van der Waals surface area (Å²) < 4.78 is 0. The molecule has 1 heteroatoms. The fourth-order valence-electron chi connectivity index (χ4n) is 0.847. The van der Waals surface area contributed by atoms with E-state index in [1.807, 2.05) is 7.05 Å². The van der Waals surface area contributed by atoms with E-state index in [0.717, 1.165) is 0 Å². The maximum atomic E-state index is 3.29. The Kier molecular flexibility index (Phi) is 4.43. The fraction of sp³-hybridized carbons (Fsp3) is 0.800. The molecule has 11 heavy (non-hydrogen) atoms. The van der Waals surface area contributed by atoms with Crippen molar-refractivity contribution < 1.29 is 0 Å². The molecule has 66 valence electrons. The molecule has 0 atom stereocenters. The standard InChI is InChI=1S/C10H21N/c1-9(2)7-6-8-10(3,4)11-5/h7,11H,6,8H2,1-5H3. The third-order valence-electron chi connectivity index (χ3n) is 2.00.